The molecule has 0 saturated carbocycles. The van der Waals surface area contributed by atoms with Gasteiger partial charge in [0.1, 0.15) is 0 Å². The Bertz CT molecular complexity index is 382. The largest absolute Gasteiger partial charge is 0.472 e. The molecule has 0 spiro atoms. The fraction of sp³-hybridized carbons (Fsp3) is 0.556. The SMILES string of the molecule is O=S1(=O)CCCNC(c2ccoc2)C1. The Kier molecular flexibility index (Phi) is 2.60. The summed E-state index contributed by atoms with van der Waals surface area (Å²) in [5.74, 6) is 0.459. The summed E-state index contributed by atoms with van der Waals surface area (Å²) < 4.78 is 28.0. The second kappa shape index (κ2) is 3.74. The van der Waals surface area contributed by atoms with Gasteiger partial charge in [-0.3, -0.25) is 0 Å². The van der Waals surface area contributed by atoms with Crippen LogP contribution in [0, 0.1) is 0 Å². The molecule has 1 unspecified atom stereocenters. The zero-order chi connectivity index (χ0) is 10.0. The summed E-state index contributed by atoms with van der Waals surface area (Å²) in [6.45, 7) is 0.745. The van der Waals surface area contributed by atoms with Crippen LogP contribution in [0.25, 0.3) is 0 Å². The van der Waals surface area contributed by atoms with Crippen LogP contribution in [0.3, 0.4) is 0 Å². The van der Waals surface area contributed by atoms with Crippen molar-refractivity contribution in [3.05, 3.63) is 24.2 Å². The lowest BCUT2D eigenvalue weighted by Gasteiger charge is -2.12. The summed E-state index contributed by atoms with van der Waals surface area (Å²) in [5.41, 5.74) is 0.912. The summed E-state index contributed by atoms with van der Waals surface area (Å²) in [6.07, 6.45) is 3.85. The molecule has 78 valence electrons. The summed E-state index contributed by atoms with van der Waals surface area (Å²) in [5, 5.41) is 3.20. The van der Waals surface area contributed by atoms with Gasteiger partial charge < -0.3 is 9.73 Å². The molecule has 0 amide bonds. The van der Waals surface area contributed by atoms with Crippen molar-refractivity contribution < 1.29 is 12.8 Å². The average molecular weight is 215 g/mol. The predicted octanol–water partition coefficient (Wildman–Crippen LogP) is 0.729. The summed E-state index contributed by atoms with van der Waals surface area (Å²) >= 11 is 0. The van der Waals surface area contributed by atoms with Crippen molar-refractivity contribution in [2.45, 2.75) is 12.5 Å². The van der Waals surface area contributed by atoms with Crippen LogP contribution in [0.4, 0.5) is 0 Å². The monoisotopic (exact) mass is 215 g/mol. The maximum absolute atomic E-state index is 11.5. The lowest BCUT2D eigenvalue weighted by atomic mass is 10.2. The van der Waals surface area contributed by atoms with Crippen LogP contribution in [0.1, 0.15) is 18.0 Å². The van der Waals surface area contributed by atoms with Crippen molar-refractivity contribution >= 4 is 9.84 Å². The van der Waals surface area contributed by atoms with Crippen LogP contribution in [0.15, 0.2) is 23.0 Å². The third-order valence-corrected chi connectivity index (χ3v) is 4.14. The number of rotatable bonds is 1. The van der Waals surface area contributed by atoms with Gasteiger partial charge in [-0.15, -0.1) is 0 Å². The molecule has 14 heavy (non-hydrogen) atoms. The van der Waals surface area contributed by atoms with Crippen LogP contribution in [0.5, 0.6) is 0 Å². The van der Waals surface area contributed by atoms with E-state index in [1.807, 2.05) is 0 Å². The van der Waals surface area contributed by atoms with Gasteiger partial charge in [0.25, 0.3) is 0 Å². The Morgan fingerprint density at radius 1 is 1.50 bits per heavy atom. The second-order valence-electron chi connectivity index (χ2n) is 3.53. The summed E-state index contributed by atoms with van der Waals surface area (Å²) in [7, 11) is -2.90. The molecule has 1 atom stereocenters. The molecule has 1 aliphatic rings. The molecule has 1 saturated heterocycles. The molecule has 4 nitrogen and oxygen atoms in total. The highest BCUT2D eigenvalue weighted by atomic mass is 32.2. The minimum absolute atomic E-state index is 0.110. The molecule has 1 N–H and O–H groups in total. The fourth-order valence-corrected chi connectivity index (χ4v) is 3.22. The van der Waals surface area contributed by atoms with Crippen LogP contribution >= 0.6 is 0 Å². The van der Waals surface area contributed by atoms with Gasteiger partial charge in [-0.05, 0) is 19.0 Å². The van der Waals surface area contributed by atoms with Gasteiger partial charge in [0.2, 0.25) is 0 Å². The molecule has 1 fully saturated rings. The molecule has 2 rings (SSSR count). The van der Waals surface area contributed by atoms with Crippen LogP contribution in [-0.2, 0) is 9.84 Å². The molecule has 0 bridgehead atoms. The molecule has 0 aromatic carbocycles. The van der Waals surface area contributed by atoms with Crippen LogP contribution < -0.4 is 5.32 Å². The van der Waals surface area contributed by atoms with Gasteiger partial charge in [0.15, 0.2) is 9.84 Å². The Balaban J connectivity index is 2.20. The highest BCUT2D eigenvalue weighted by Gasteiger charge is 2.23. The van der Waals surface area contributed by atoms with Gasteiger partial charge in [0.05, 0.1) is 24.0 Å². The number of nitrogens with one attached hydrogen (secondary N) is 1. The Morgan fingerprint density at radius 3 is 3.07 bits per heavy atom. The van der Waals surface area contributed by atoms with Gasteiger partial charge in [-0.25, -0.2) is 8.42 Å². The molecule has 5 heteroatoms. The molecule has 1 aromatic rings. The molecular weight excluding hydrogens is 202 g/mol. The number of sulfone groups is 1. The summed E-state index contributed by atoms with van der Waals surface area (Å²) in [4.78, 5) is 0. The number of hydrogen-bond donors (Lipinski definition) is 1. The zero-order valence-electron chi connectivity index (χ0n) is 7.77. The van der Waals surface area contributed by atoms with E-state index in [1.54, 1.807) is 18.6 Å². The average Bonchev–Trinajstić information content (AvgIpc) is 2.57. The van der Waals surface area contributed by atoms with Crippen molar-refractivity contribution in [3.63, 3.8) is 0 Å². The van der Waals surface area contributed by atoms with Gasteiger partial charge in [-0.2, -0.15) is 0 Å². The molecule has 2 heterocycles. The van der Waals surface area contributed by atoms with E-state index in [0.717, 1.165) is 12.1 Å². The van der Waals surface area contributed by atoms with Crippen molar-refractivity contribution in [1.29, 1.82) is 0 Å². The van der Waals surface area contributed by atoms with E-state index in [2.05, 4.69) is 5.32 Å². The first-order valence-corrected chi connectivity index (χ1v) is 6.45. The third-order valence-electron chi connectivity index (χ3n) is 2.39. The Morgan fingerprint density at radius 2 is 2.36 bits per heavy atom. The van der Waals surface area contributed by atoms with E-state index in [9.17, 15) is 8.42 Å². The minimum atomic E-state index is -2.90. The van der Waals surface area contributed by atoms with E-state index in [-0.39, 0.29) is 17.5 Å². The lowest BCUT2D eigenvalue weighted by Crippen LogP contribution is -2.24. The highest BCUT2D eigenvalue weighted by Crippen LogP contribution is 2.18. The van der Waals surface area contributed by atoms with E-state index in [4.69, 9.17) is 4.42 Å². The van der Waals surface area contributed by atoms with Crippen LogP contribution in [-0.4, -0.2) is 26.5 Å². The quantitative estimate of drug-likeness (QED) is 0.750. The first-order valence-electron chi connectivity index (χ1n) is 4.63. The van der Waals surface area contributed by atoms with E-state index in [0.29, 0.717) is 6.42 Å². The van der Waals surface area contributed by atoms with Gasteiger partial charge >= 0.3 is 0 Å². The van der Waals surface area contributed by atoms with Crippen LogP contribution in [0.2, 0.25) is 0 Å². The van der Waals surface area contributed by atoms with E-state index in [1.165, 1.54) is 0 Å². The minimum Gasteiger partial charge on any atom is -0.472 e. The third kappa shape index (κ3) is 2.16. The topological polar surface area (TPSA) is 59.3 Å². The van der Waals surface area contributed by atoms with Crippen molar-refractivity contribution in [2.24, 2.45) is 0 Å². The molecule has 1 aliphatic heterocycles. The molecule has 0 radical (unpaired) electrons. The van der Waals surface area contributed by atoms with Gasteiger partial charge in [-0.1, -0.05) is 0 Å². The number of furan rings is 1. The van der Waals surface area contributed by atoms with E-state index < -0.39 is 9.84 Å². The Hall–Kier alpha value is -0.810. The molecular formula is C9H13NO3S. The highest BCUT2D eigenvalue weighted by molar-refractivity contribution is 7.91. The number of hydrogen-bond acceptors (Lipinski definition) is 4. The molecule has 0 aliphatic carbocycles. The zero-order valence-corrected chi connectivity index (χ0v) is 8.59. The Labute approximate surface area is 83.2 Å². The first-order chi connectivity index (χ1) is 6.67. The fourth-order valence-electron chi connectivity index (χ4n) is 1.65. The summed E-state index contributed by atoms with van der Waals surface area (Å²) in [6, 6.07) is 1.69. The van der Waals surface area contributed by atoms with Crippen molar-refractivity contribution in [1.82, 2.24) is 5.32 Å². The second-order valence-corrected chi connectivity index (χ2v) is 5.76. The molecule has 1 aromatic heterocycles. The predicted molar refractivity (Wildman–Crippen MR) is 52.7 cm³/mol. The maximum Gasteiger partial charge on any atom is 0.152 e. The van der Waals surface area contributed by atoms with Gasteiger partial charge in [0, 0.05) is 11.6 Å². The van der Waals surface area contributed by atoms with Crippen molar-refractivity contribution in [3.8, 4) is 0 Å². The smallest absolute Gasteiger partial charge is 0.152 e. The van der Waals surface area contributed by atoms with E-state index >= 15 is 0 Å². The normalized spacial score (nSPS) is 27.0. The van der Waals surface area contributed by atoms with Crippen molar-refractivity contribution in [2.75, 3.05) is 18.1 Å². The first kappa shape index (κ1) is 9.73. The lowest BCUT2D eigenvalue weighted by molar-refractivity contribution is 0.541. The standard InChI is InChI=1S/C9H13NO3S/c11-14(12)5-1-3-10-9(7-14)8-2-4-13-6-8/h2,4,6,9-10H,1,3,5,7H2. The maximum atomic E-state index is 11.5.